The number of hydrogen-bond acceptors (Lipinski definition) is 3. The quantitative estimate of drug-likeness (QED) is 0.675. The molecule has 0 radical (unpaired) electrons. The maximum Gasteiger partial charge on any atom is 0.292 e. The lowest BCUT2D eigenvalue weighted by Crippen LogP contribution is -2.33. The van der Waals surface area contributed by atoms with Gasteiger partial charge in [-0.2, -0.15) is 0 Å². The maximum absolute atomic E-state index is 12.5. The number of ether oxygens (including phenoxy) is 1. The lowest BCUT2D eigenvalue weighted by Gasteiger charge is -2.23. The first kappa shape index (κ1) is 17.2. The first-order valence-electron chi connectivity index (χ1n) is 8.84. The number of benzene rings is 2. The van der Waals surface area contributed by atoms with Crippen LogP contribution < -0.4 is 5.32 Å². The molecule has 1 atom stereocenters. The Bertz CT molecular complexity index is 783. The van der Waals surface area contributed by atoms with Crippen molar-refractivity contribution in [2.24, 2.45) is 4.99 Å². The molecule has 0 unspecified atom stereocenters. The zero-order chi connectivity index (χ0) is 17.6. The number of nitrogens with one attached hydrogen (secondary N) is 1. The lowest BCUT2D eigenvalue weighted by molar-refractivity contribution is 0.0966. The molecule has 130 valence electrons. The van der Waals surface area contributed by atoms with Crippen LogP contribution in [0.1, 0.15) is 52.9 Å². The van der Waals surface area contributed by atoms with Crippen LogP contribution in [0.15, 0.2) is 53.5 Å². The number of carbonyl (C=O) groups is 1. The summed E-state index contributed by atoms with van der Waals surface area (Å²) in [5, 5.41) is 2.83. The first-order chi connectivity index (χ1) is 12.2. The predicted molar refractivity (Wildman–Crippen MR) is 99.8 cm³/mol. The van der Waals surface area contributed by atoms with Crippen molar-refractivity contribution in [1.82, 2.24) is 5.32 Å². The molecule has 4 heteroatoms. The van der Waals surface area contributed by atoms with Crippen molar-refractivity contribution in [2.75, 3.05) is 6.61 Å². The summed E-state index contributed by atoms with van der Waals surface area (Å²) < 4.78 is 5.60. The molecule has 0 saturated carbocycles. The topological polar surface area (TPSA) is 50.7 Å². The van der Waals surface area contributed by atoms with E-state index >= 15 is 0 Å². The van der Waals surface area contributed by atoms with E-state index in [1.165, 1.54) is 11.1 Å². The van der Waals surface area contributed by atoms with Crippen molar-refractivity contribution in [3.8, 4) is 0 Å². The molecule has 1 amide bonds. The van der Waals surface area contributed by atoms with Crippen LogP contribution in [0, 0.1) is 6.92 Å². The van der Waals surface area contributed by atoms with Crippen molar-refractivity contribution in [3.63, 3.8) is 0 Å². The number of fused-ring (bicyclic) bond motifs is 1. The van der Waals surface area contributed by atoms with E-state index in [0.29, 0.717) is 18.2 Å². The molecule has 0 aliphatic heterocycles. The van der Waals surface area contributed by atoms with E-state index in [9.17, 15) is 4.79 Å². The molecule has 0 aromatic heterocycles. The fraction of sp³-hybridized carbons (Fsp3) is 0.333. The average Bonchev–Trinajstić information content (AvgIpc) is 2.62. The van der Waals surface area contributed by atoms with Gasteiger partial charge in [-0.1, -0.05) is 42.0 Å². The number of amidine groups is 1. The minimum absolute atomic E-state index is 0.0318. The molecule has 0 fully saturated rings. The van der Waals surface area contributed by atoms with E-state index < -0.39 is 0 Å². The van der Waals surface area contributed by atoms with Crippen molar-refractivity contribution >= 4 is 11.9 Å². The summed E-state index contributed by atoms with van der Waals surface area (Å²) in [7, 11) is 0. The Morgan fingerprint density at radius 3 is 2.88 bits per heavy atom. The highest BCUT2D eigenvalue weighted by Gasteiger charge is 2.21. The van der Waals surface area contributed by atoms with Gasteiger partial charge in [0.1, 0.15) is 0 Å². The summed E-state index contributed by atoms with van der Waals surface area (Å²) >= 11 is 0. The molecule has 0 spiro atoms. The number of aryl methyl sites for hydroxylation is 2. The molecule has 1 aliphatic rings. The molecule has 4 nitrogen and oxygen atoms in total. The molecule has 1 aliphatic carbocycles. The summed E-state index contributed by atoms with van der Waals surface area (Å²) in [6, 6.07) is 16.2. The Morgan fingerprint density at radius 2 is 2.08 bits per heavy atom. The third-order valence-corrected chi connectivity index (χ3v) is 4.39. The highest BCUT2D eigenvalue weighted by Crippen LogP contribution is 2.32. The largest absolute Gasteiger partial charge is 0.465 e. The zero-order valence-electron chi connectivity index (χ0n) is 14.8. The Balaban J connectivity index is 1.81. The maximum atomic E-state index is 12.5. The van der Waals surface area contributed by atoms with Crippen LogP contribution in [0.2, 0.25) is 0 Å². The van der Waals surface area contributed by atoms with Crippen LogP contribution in [0.25, 0.3) is 0 Å². The number of rotatable bonds is 3. The second kappa shape index (κ2) is 7.97. The van der Waals surface area contributed by atoms with E-state index in [0.717, 1.165) is 24.8 Å². The smallest absolute Gasteiger partial charge is 0.292 e. The summed E-state index contributed by atoms with van der Waals surface area (Å²) in [4.78, 5) is 17.2. The summed E-state index contributed by atoms with van der Waals surface area (Å²) in [6.45, 7) is 4.32. The van der Waals surface area contributed by atoms with Gasteiger partial charge >= 0.3 is 0 Å². The van der Waals surface area contributed by atoms with Gasteiger partial charge in [0, 0.05) is 5.56 Å². The summed E-state index contributed by atoms with van der Waals surface area (Å²) in [5.74, 6) is -0.194. The number of nitrogens with zero attached hydrogens (tertiary/aromatic N) is 1. The summed E-state index contributed by atoms with van der Waals surface area (Å²) in [5.41, 5.74) is 4.22. The molecule has 2 aromatic carbocycles. The molecule has 0 saturated heterocycles. The van der Waals surface area contributed by atoms with E-state index in [-0.39, 0.29) is 11.9 Å². The minimum atomic E-state index is -0.194. The van der Waals surface area contributed by atoms with E-state index in [4.69, 9.17) is 9.73 Å². The second-order valence-corrected chi connectivity index (χ2v) is 6.30. The van der Waals surface area contributed by atoms with Crippen molar-refractivity contribution in [2.45, 2.75) is 39.2 Å². The highest BCUT2D eigenvalue weighted by atomic mass is 16.5. The van der Waals surface area contributed by atoms with Gasteiger partial charge in [-0.25, -0.2) is 4.99 Å². The van der Waals surface area contributed by atoms with Gasteiger partial charge in [-0.05, 0) is 56.4 Å². The van der Waals surface area contributed by atoms with Crippen LogP contribution in [-0.4, -0.2) is 18.5 Å². The monoisotopic (exact) mass is 336 g/mol. The van der Waals surface area contributed by atoms with E-state index in [1.807, 2.05) is 38.1 Å². The van der Waals surface area contributed by atoms with Crippen LogP contribution in [0.4, 0.5) is 0 Å². The fourth-order valence-electron chi connectivity index (χ4n) is 3.20. The molecule has 2 aromatic rings. The number of carbonyl (C=O) groups excluding carboxylic acids is 1. The van der Waals surface area contributed by atoms with E-state index in [1.54, 1.807) is 6.07 Å². The fourth-order valence-corrected chi connectivity index (χ4v) is 3.20. The van der Waals surface area contributed by atoms with Crippen LogP contribution in [0.3, 0.4) is 0 Å². The van der Waals surface area contributed by atoms with Crippen molar-refractivity contribution < 1.29 is 9.53 Å². The molecule has 0 bridgehead atoms. The first-order valence-corrected chi connectivity index (χ1v) is 8.84. The minimum Gasteiger partial charge on any atom is -0.465 e. The number of amides is 1. The van der Waals surface area contributed by atoms with Gasteiger partial charge in [0.25, 0.3) is 11.9 Å². The molecular weight excluding hydrogens is 312 g/mol. The van der Waals surface area contributed by atoms with Crippen LogP contribution >= 0.6 is 0 Å². The zero-order valence-corrected chi connectivity index (χ0v) is 14.8. The number of aliphatic imine (C=N–C) groups is 1. The SMILES string of the molecule is CCOC(=N[C@H]1CCCc2ccccc21)NC(=O)c1cccc(C)c1. The second-order valence-electron chi connectivity index (χ2n) is 6.30. The Hall–Kier alpha value is -2.62. The van der Waals surface area contributed by atoms with Crippen molar-refractivity contribution in [3.05, 3.63) is 70.8 Å². The van der Waals surface area contributed by atoms with Gasteiger partial charge < -0.3 is 4.74 Å². The highest BCUT2D eigenvalue weighted by molar-refractivity contribution is 6.04. The van der Waals surface area contributed by atoms with Gasteiger partial charge in [-0.3, -0.25) is 10.1 Å². The molecular formula is C21H24N2O2. The van der Waals surface area contributed by atoms with Gasteiger partial charge in [0.2, 0.25) is 0 Å². The van der Waals surface area contributed by atoms with E-state index in [2.05, 4.69) is 23.5 Å². The van der Waals surface area contributed by atoms with Gasteiger partial charge in [-0.15, -0.1) is 0 Å². The Morgan fingerprint density at radius 1 is 1.24 bits per heavy atom. The Labute approximate surface area is 148 Å². The summed E-state index contributed by atoms with van der Waals surface area (Å²) in [6.07, 6.45) is 3.14. The normalized spacial score (nSPS) is 16.9. The van der Waals surface area contributed by atoms with Crippen LogP contribution in [0.5, 0.6) is 0 Å². The predicted octanol–water partition coefficient (Wildman–Crippen LogP) is 4.19. The molecule has 1 N–H and O–H groups in total. The lowest BCUT2D eigenvalue weighted by atomic mass is 9.88. The number of hydrogen-bond donors (Lipinski definition) is 1. The molecule has 25 heavy (non-hydrogen) atoms. The standard InChI is InChI=1S/C21H24N2O2/c1-3-25-21(23-20(24)17-11-6-8-15(2)14-17)22-19-13-7-10-16-9-4-5-12-18(16)19/h4-6,8-9,11-12,14,19H,3,7,10,13H2,1-2H3,(H,22,23,24)/t19-/m0/s1. The molecule has 0 heterocycles. The molecule has 3 rings (SSSR count). The third-order valence-electron chi connectivity index (χ3n) is 4.39. The van der Waals surface area contributed by atoms with Crippen molar-refractivity contribution in [1.29, 1.82) is 0 Å². The Kier molecular flexibility index (Phi) is 5.49. The third kappa shape index (κ3) is 4.27. The van der Waals surface area contributed by atoms with Gasteiger partial charge in [0.15, 0.2) is 0 Å². The van der Waals surface area contributed by atoms with Crippen LogP contribution in [-0.2, 0) is 11.2 Å². The average molecular weight is 336 g/mol. The van der Waals surface area contributed by atoms with Gasteiger partial charge in [0.05, 0.1) is 12.6 Å².